The Balaban J connectivity index is 1.64. The van der Waals surface area contributed by atoms with Crippen LogP contribution < -0.4 is 0 Å². The predicted octanol–water partition coefficient (Wildman–Crippen LogP) is 2.77. The molecule has 0 aromatic heterocycles. The highest BCUT2D eigenvalue weighted by Crippen LogP contribution is 2.69. The summed E-state index contributed by atoms with van der Waals surface area (Å²) in [5, 5.41) is 0.570. The second kappa shape index (κ2) is 4.73. The van der Waals surface area contributed by atoms with Crippen molar-refractivity contribution in [3.05, 3.63) is 0 Å². The van der Waals surface area contributed by atoms with Crippen LogP contribution in [0.4, 0.5) is 8.78 Å². The van der Waals surface area contributed by atoms with E-state index >= 15 is 0 Å². The van der Waals surface area contributed by atoms with Gasteiger partial charge < -0.3 is 4.90 Å². The van der Waals surface area contributed by atoms with E-state index in [1.54, 1.807) is 0 Å². The zero-order valence-electron chi connectivity index (χ0n) is 10.2. The highest BCUT2D eigenvalue weighted by Gasteiger charge is 2.67. The molecule has 3 saturated carbocycles. The van der Waals surface area contributed by atoms with Gasteiger partial charge in [-0.3, -0.25) is 4.79 Å². The van der Waals surface area contributed by atoms with E-state index in [-0.39, 0.29) is 11.8 Å². The fourth-order valence-corrected chi connectivity index (χ4v) is 4.85. The number of fused-ring (bicyclic) bond motifs is 5. The lowest BCUT2D eigenvalue weighted by Crippen LogP contribution is -2.38. The second-order valence-corrected chi connectivity index (χ2v) is 6.67. The molecule has 4 unspecified atom stereocenters. The van der Waals surface area contributed by atoms with Crippen molar-refractivity contribution in [2.24, 2.45) is 29.6 Å². The number of halogens is 3. The van der Waals surface area contributed by atoms with Gasteiger partial charge in [0.25, 0.3) is 6.43 Å². The fraction of sp³-hybridized carbons (Fsp3) is 0.923. The molecule has 102 valence electrons. The number of nitrogens with zero attached hydrogens (tertiary/aromatic N) is 1. The molecule has 3 fully saturated rings. The minimum Gasteiger partial charge on any atom is -0.336 e. The third-order valence-corrected chi connectivity index (χ3v) is 5.40. The summed E-state index contributed by atoms with van der Waals surface area (Å²) in [6.45, 7) is -0.00977. The van der Waals surface area contributed by atoms with Gasteiger partial charge in [-0.25, -0.2) is 8.78 Å². The van der Waals surface area contributed by atoms with Crippen LogP contribution in [-0.2, 0) is 4.79 Å². The standard InChI is InChI=1S/C13H18BrF2NO/c14-3-4-17(6-9(15)16)13(18)12-10-7-1-2-8(5-7)11(10)12/h7-12H,1-6H2. The lowest BCUT2D eigenvalue weighted by atomic mass is 10.0. The van der Waals surface area contributed by atoms with Crippen LogP contribution in [-0.4, -0.2) is 35.7 Å². The molecule has 0 radical (unpaired) electrons. The van der Waals surface area contributed by atoms with Gasteiger partial charge >= 0.3 is 0 Å². The van der Waals surface area contributed by atoms with E-state index in [2.05, 4.69) is 15.9 Å². The first kappa shape index (κ1) is 12.8. The number of hydrogen-bond donors (Lipinski definition) is 0. The first-order valence-electron chi connectivity index (χ1n) is 6.76. The molecule has 0 heterocycles. The Kier molecular flexibility index (Phi) is 3.37. The van der Waals surface area contributed by atoms with Crippen molar-refractivity contribution in [1.82, 2.24) is 4.90 Å². The number of carbonyl (C=O) groups is 1. The van der Waals surface area contributed by atoms with Crippen LogP contribution in [0.25, 0.3) is 0 Å². The second-order valence-electron chi connectivity index (χ2n) is 5.88. The Morgan fingerprint density at radius 2 is 1.89 bits per heavy atom. The van der Waals surface area contributed by atoms with Crippen molar-refractivity contribution in [2.75, 3.05) is 18.4 Å². The molecule has 0 aromatic carbocycles. The zero-order chi connectivity index (χ0) is 12.9. The van der Waals surface area contributed by atoms with Crippen molar-refractivity contribution >= 4 is 21.8 Å². The lowest BCUT2D eigenvalue weighted by molar-refractivity contribution is -0.135. The molecule has 0 spiro atoms. The summed E-state index contributed by atoms with van der Waals surface area (Å²) in [6, 6.07) is 0. The zero-order valence-corrected chi connectivity index (χ0v) is 11.8. The summed E-state index contributed by atoms with van der Waals surface area (Å²) in [7, 11) is 0. The van der Waals surface area contributed by atoms with E-state index in [1.165, 1.54) is 24.2 Å². The molecular formula is C13H18BrF2NO. The van der Waals surface area contributed by atoms with Crippen LogP contribution in [0.1, 0.15) is 19.3 Å². The van der Waals surface area contributed by atoms with E-state index in [1.807, 2.05) is 0 Å². The summed E-state index contributed by atoms with van der Waals surface area (Å²) in [6.07, 6.45) is 1.36. The number of amides is 1. The van der Waals surface area contributed by atoms with Gasteiger partial charge in [-0.15, -0.1) is 0 Å². The SMILES string of the molecule is O=C(C1C2C3CCC(C3)C12)N(CCBr)CC(F)F. The van der Waals surface area contributed by atoms with Gasteiger partial charge in [0.05, 0.1) is 6.54 Å². The normalized spacial score (nSPS) is 40.1. The third-order valence-electron chi connectivity index (χ3n) is 5.04. The van der Waals surface area contributed by atoms with Gasteiger partial charge in [-0.05, 0) is 42.9 Å². The van der Waals surface area contributed by atoms with E-state index < -0.39 is 13.0 Å². The third kappa shape index (κ3) is 1.98. The number of hydrogen-bond acceptors (Lipinski definition) is 1. The molecule has 2 nitrogen and oxygen atoms in total. The summed E-state index contributed by atoms with van der Waals surface area (Å²) < 4.78 is 25.0. The molecule has 4 atom stereocenters. The van der Waals surface area contributed by atoms with Gasteiger partial charge in [0.2, 0.25) is 5.91 Å². The Bertz CT molecular complexity index is 332. The predicted molar refractivity (Wildman–Crippen MR) is 67.7 cm³/mol. The van der Waals surface area contributed by atoms with Gasteiger partial charge in [0.1, 0.15) is 0 Å². The molecule has 3 aliphatic rings. The van der Waals surface area contributed by atoms with Crippen LogP contribution in [0.15, 0.2) is 0 Å². The van der Waals surface area contributed by atoms with E-state index in [9.17, 15) is 13.6 Å². The molecule has 0 saturated heterocycles. The summed E-state index contributed by atoms with van der Waals surface area (Å²) in [5.41, 5.74) is 0. The first-order chi connectivity index (χ1) is 8.63. The van der Waals surface area contributed by atoms with Crippen molar-refractivity contribution in [1.29, 1.82) is 0 Å². The topological polar surface area (TPSA) is 20.3 Å². The fourth-order valence-electron chi connectivity index (χ4n) is 4.43. The Hall–Kier alpha value is -0.190. The Morgan fingerprint density at radius 1 is 1.28 bits per heavy atom. The molecule has 2 bridgehead atoms. The molecular weight excluding hydrogens is 304 g/mol. The van der Waals surface area contributed by atoms with Crippen LogP contribution in [0.3, 0.4) is 0 Å². The Labute approximate surface area is 114 Å². The van der Waals surface area contributed by atoms with Crippen LogP contribution >= 0.6 is 15.9 Å². The number of alkyl halides is 3. The monoisotopic (exact) mass is 321 g/mol. The quantitative estimate of drug-likeness (QED) is 0.713. The van der Waals surface area contributed by atoms with Gasteiger partial charge in [0, 0.05) is 17.8 Å². The molecule has 1 amide bonds. The average Bonchev–Trinajstić information content (AvgIpc) is 2.75. The smallest absolute Gasteiger partial charge is 0.255 e. The van der Waals surface area contributed by atoms with Crippen molar-refractivity contribution in [3.8, 4) is 0 Å². The van der Waals surface area contributed by atoms with Gasteiger partial charge in [-0.2, -0.15) is 0 Å². The van der Waals surface area contributed by atoms with E-state index in [0.29, 0.717) is 35.5 Å². The summed E-state index contributed by atoms with van der Waals surface area (Å²) in [4.78, 5) is 13.7. The minimum atomic E-state index is -2.43. The molecule has 0 N–H and O–H groups in total. The summed E-state index contributed by atoms with van der Waals surface area (Å²) in [5.74, 6) is 2.56. The molecule has 0 aromatic rings. The summed E-state index contributed by atoms with van der Waals surface area (Å²) >= 11 is 3.24. The minimum absolute atomic E-state index is 0.0126. The van der Waals surface area contributed by atoms with Crippen LogP contribution in [0.5, 0.6) is 0 Å². The highest BCUT2D eigenvalue weighted by atomic mass is 79.9. The Morgan fingerprint density at radius 3 is 2.39 bits per heavy atom. The number of carbonyl (C=O) groups excluding carboxylic acids is 1. The highest BCUT2D eigenvalue weighted by molar-refractivity contribution is 9.09. The molecule has 0 aliphatic heterocycles. The van der Waals surface area contributed by atoms with E-state index in [4.69, 9.17) is 0 Å². The maximum atomic E-state index is 12.5. The maximum absolute atomic E-state index is 12.5. The molecule has 3 aliphatic carbocycles. The first-order valence-corrected chi connectivity index (χ1v) is 7.88. The average molecular weight is 322 g/mol. The van der Waals surface area contributed by atoms with E-state index in [0.717, 1.165) is 0 Å². The van der Waals surface area contributed by atoms with Crippen molar-refractivity contribution in [3.63, 3.8) is 0 Å². The van der Waals surface area contributed by atoms with Crippen molar-refractivity contribution in [2.45, 2.75) is 25.7 Å². The van der Waals surface area contributed by atoms with Crippen molar-refractivity contribution < 1.29 is 13.6 Å². The van der Waals surface area contributed by atoms with Gasteiger partial charge in [-0.1, -0.05) is 15.9 Å². The number of rotatable bonds is 5. The molecule has 18 heavy (non-hydrogen) atoms. The van der Waals surface area contributed by atoms with Crippen LogP contribution in [0, 0.1) is 29.6 Å². The molecule has 5 heteroatoms. The van der Waals surface area contributed by atoms with Gasteiger partial charge in [0.15, 0.2) is 0 Å². The largest absolute Gasteiger partial charge is 0.336 e. The van der Waals surface area contributed by atoms with Crippen LogP contribution in [0.2, 0.25) is 0 Å². The maximum Gasteiger partial charge on any atom is 0.255 e. The molecule has 3 rings (SSSR count). The lowest BCUT2D eigenvalue weighted by Gasteiger charge is -2.22.